The number of hydrogen-bond acceptors (Lipinski definition) is 4. The maximum atomic E-state index is 4.60. The van der Waals surface area contributed by atoms with Gasteiger partial charge in [0.1, 0.15) is 5.82 Å². The van der Waals surface area contributed by atoms with Crippen molar-refractivity contribution in [3.05, 3.63) is 42.0 Å². The Balaban J connectivity index is 2.13. The molecule has 2 aromatic heterocycles. The zero-order valence-electron chi connectivity index (χ0n) is 10.1. The first-order valence-corrected chi connectivity index (χ1v) is 6.79. The molecule has 0 amide bonds. The van der Waals surface area contributed by atoms with E-state index in [9.17, 15) is 0 Å². The van der Waals surface area contributed by atoms with Crippen molar-refractivity contribution in [3.63, 3.8) is 0 Å². The zero-order valence-corrected chi connectivity index (χ0v) is 10.9. The molecule has 0 aliphatic carbocycles. The topological polar surface area (TPSA) is 37.8 Å². The van der Waals surface area contributed by atoms with E-state index in [1.54, 1.807) is 17.5 Å². The minimum absolute atomic E-state index is 0.823. The van der Waals surface area contributed by atoms with Gasteiger partial charge in [-0.25, -0.2) is 4.98 Å². The fourth-order valence-corrected chi connectivity index (χ4v) is 2.88. The molecule has 3 nitrogen and oxygen atoms in total. The van der Waals surface area contributed by atoms with Crippen molar-refractivity contribution in [2.45, 2.75) is 6.92 Å². The first-order valence-electron chi connectivity index (χ1n) is 5.91. The fourth-order valence-electron chi connectivity index (χ4n) is 1.96. The molecule has 0 aliphatic rings. The van der Waals surface area contributed by atoms with E-state index in [0.29, 0.717) is 0 Å². The summed E-state index contributed by atoms with van der Waals surface area (Å²) in [6.07, 6.45) is 3.57. The van der Waals surface area contributed by atoms with Crippen molar-refractivity contribution in [2.24, 2.45) is 0 Å². The number of hydrogen-bond donors (Lipinski definition) is 1. The maximum Gasteiger partial charge on any atom is 0.145 e. The van der Waals surface area contributed by atoms with Crippen molar-refractivity contribution in [1.29, 1.82) is 0 Å². The van der Waals surface area contributed by atoms with E-state index >= 15 is 0 Å². The van der Waals surface area contributed by atoms with E-state index in [2.05, 4.69) is 44.9 Å². The molecule has 0 saturated heterocycles. The van der Waals surface area contributed by atoms with Crippen LogP contribution in [0.25, 0.3) is 21.3 Å². The smallest absolute Gasteiger partial charge is 0.145 e. The van der Waals surface area contributed by atoms with Gasteiger partial charge in [0.05, 0.1) is 18.1 Å². The summed E-state index contributed by atoms with van der Waals surface area (Å²) in [7, 11) is 0. The summed E-state index contributed by atoms with van der Waals surface area (Å²) in [6, 6.07) is 8.41. The predicted octanol–water partition coefficient (Wildman–Crippen LogP) is 3.79. The number of aromatic nitrogens is 2. The lowest BCUT2D eigenvalue weighted by atomic mass is 10.1. The van der Waals surface area contributed by atoms with Crippen LogP contribution in [0, 0.1) is 0 Å². The third kappa shape index (κ3) is 1.95. The quantitative estimate of drug-likeness (QED) is 0.773. The van der Waals surface area contributed by atoms with Gasteiger partial charge in [-0.15, -0.1) is 11.3 Å². The third-order valence-corrected chi connectivity index (χ3v) is 3.71. The highest BCUT2D eigenvalue weighted by Gasteiger charge is 2.07. The van der Waals surface area contributed by atoms with Gasteiger partial charge < -0.3 is 5.32 Å². The molecule has 90 valence electrons. The van der Waals surface area contributed by atoms with Crippen LogP contribution in [0.2, 0.25) is 0 Å². The maximum absolute atomic E-state index is 4.60. The Hall–Kier alpha value is -1.94. The van der Waals surface area contributed by atoms with Crippen LogP contribution in [0.3, 0.4) is 0 Å². The van der Waals surface area contributed by atoms with E-state index in [0.717, 1.165) is 23.6 Å². The van der Waals surface area contributed by atoms with Crippen LogP contribution in [0.1, 0.15) is 6.92 Å². The summed E-state index contributed by atoms with van der Waals surface area (Å²) in [6.45, 7) is 2.90. The Bertz CT molecular complexity index is 675. The van der Waals surface area contributed by atoms with Crippen LogP contribution < -0.4 is 5.32 Å². The second-order valence-corrected chi connectivity index (χ2v) is 4.88. The van der Waals surface area contributed by atoms with E-state index in [-0.39, 0.29) is 0 Å². The number of nitrogens with zero attached hydrogens (tertiary/aromatic N) is 2. The number of fused-ring (bicyclic) bond motifs is 1. The van der Waals surface area contributed by atoms with Gasteiger partial charge in [0.15, 0.2) is 0 Å². The number of thiophene rings is 1. The van der Waals surface area contributed by atoms with Gasteiger partial charge in [0.25, 0.3) is 0 Å². The molecule has 0 aliphatic heterocycles. The van der Waals surface area contributed by atoms with E-state index in [1.807, 2.05) is 13.1 Å². The highest BCUT2D eigenvalue weighted by atomic mass is 32.1. The van der Waals surface area contributed by atoms with Crippen LogP contribution in [-0.4, -0.2) is 16.5 Å². The highest BCUT2D eigenvalue weighted by Crippen LogP contribution is 2.31. The SMILES string of the molecule is CCNc1cncc(-c2cccc3ccsc23)n1. The number of rotatable bonds is 3. The number of nitrogens with one attached hydrogen (secondary N) is 1. The lowest BCUT2D eigenvalue weighted by Crippen LogP contribution is -2.00. The monoisotopic (exact) mass is 255 g/mol. The molecule has 0 saturated carbocycles. The van der Waals surface area contributed by atoms with Gasteiger partial charge in [-0.3, -0.25) is 4.98 Å². The summed E-state index contributed by atoms with van der Waals surface area (Å²) in [5.74, 6) is 0.823. The Labute approximate surface area is 110 Å². The van der Waals surface area contributed by atoms with Crippen molar-refractivity contribution in [1.82, 2.24) is 9.97 Å². The second kappa shape index (κ2) is 4.74. The lowest BCUT2D eigenvalue weighted by Gasteiger charge is -2.05. The summed E-state index contributed by atoms with van der Waals surface area (Å²) in [5.41, 5.74) is 2.07. The van der Waals surface area contributed by atoms with Gasteiger partial charge in [-0.1, -0.05) is 18.2 Å². The number of benzene rings is 1. The van der Waals surface area contributed by atoms with Crippen molar-refractivity contribution in [3.8, 4) is 11.3 Å². The average Bonchev–Trinajstić information content (AvgIpc) is 2.87. The highest BCUT2D eigenvalue weighted by molar-refractivity contribution is 7.17. The second-order valence-electron chi connectivity index (χ2n) is 3.96. The molecule has 0 atom stereocenters. The molecule has 1 aromatic carbocycles. The van der Waals surface area contributed by atoms with Gasteiger partial charge in [-0.2, -0.15) is 0 Å². The third-order valence-electron chi connectivity index (χ3n) is 2.75. The molecule has 18 heavy (non-hydrogen) atoms. The standard InChI is InChI=1S/C14H13N3S/c1-2-16-13-9-15-8-12(17-13)11-5-3-4-10-6-7-18-14(10)11/h3-9H,2H2,1H3,(H,16,17). The Kier molecular flexibility index (Phi) is 2.94. The van der Waals surface area contributed by atoms with Crippen LogP contribution >= 0.6 is 11.3 Å². The molecular weight excluding hydrogens is 242 g/mol. The van der Waals surface area contributed by atoms with Gasteiger partial charge in [0, 0.05) is 16.8 Å². The first kappa shape index (κ1) is 11.2. The van der Waals surface area contributed by atoms with E-state index < -0.39 is 0 Å². The van der Waals surface area contributed by atoms with Crippen molar-refractivity contribution in [2.75, 3.05) is 11.9 Å². The number of anilines is 1. The predicted molar refractivity (Wildman–Crippen MR) is 77.0 cm³/mol. The molecule has 3 aromatic rings. The minimum Gasteiger partial charge on any atom is -0.369 e. The van der Waals surface area contributed by atoms with Gasteiger partial charge in [0.2, 0.25) is 0 Å². The normalized spacial score (nSPS) is 10.7. The average molecular weight is 255 g/mol. The minimum atomic E-state index is 0.823. The molecule has 0 radical (unpaired) electrons. The zero-order chi connectivity index (χ0) is 12.4. The Morgan fingerprint density at radius 3 is 3.06 bits per heavy atom. The van der Waals surface area contributed by atoms with Crippen LogP contribution in [0.4, 0.5) is 5.82 Å². The largest absolute Gasteiger partial charge is 0.369 e. The van der Waals surface area contributed by atoms with Crippen LogP contribution in [-0.2, 0) is 0 Å². The Morgan fingerprint density at radius 1 is 1.22 bits per heavy atom. The molecule has 0 unspecified atom stereocenters. The molecule has 1 N–H and O–H groups in total. The molecule has 0 bridgehead atoms. The molecule has 0 spiro atoms. The molecule has 0 fully saturated rings. The molecule has 2 heterocycles. The van der Waals surface area contributed by atoms with Crippen molar-refractivity contribution >= 4 is 27.2 Å². The van der Waals surface area contributed by atoms with Gasteiger partial charge >= 0.3 is 0 Å². The first-order chi connectivity index (χ1) is 8.88. The Morgan fingerprint density at radius 2 is 2.17 bits per heavy atom. The fraction of sp³-hybridized carbons (Fsp3) is 0.143. The van der Waals surface area contributed by atoms with Gasteiger partial charge in [-0.05, 0) is 23.8 Å². The molecule has 3 rings (SSSR count). The van der Waals surface area contributed by atoms with Crippen LogP contribution in [0.15, 0.2) is 42.0 Å². The van der Waals surface area contributed by atoms with E-state index in [4.69, 9.17) is 0 Å². The van der Waals surface area contributed by atoms with E-state index in [1.165, 1.54) is 10.1 Å². The van der Waals surface area contributed by atoms with Crippen LogP contribution in [0.5, 0.6) is 0 Å². The lowest BCUT2D eigenvalue weighted by molar-refractivity contribution is 1.13. The summed E-state index contributed by atoms with van der Waals surface area (Å²) in [4.78, 5) is 8.85. The summed E-state index contributed by atoms with van der Waals surface area (Å²) < 4.78 is 1.26. The summed E-state index contributed by atoms with van der Waals surface area (Å²) in [5, 5.41) is 6.55. The molecular formula is C14H13N3S. The molecule has 4 heteroatoms. The van der Waals surface area contributed by atoms with Crippen molar-refractivity contribution < 1.29 is 0 Å². The summed E-state index contributed by atoms with van der Waals surface area (Å²) >= 11 is 1.74.